The van der Waals surface area contributed by atoms with Crippen LogP contribution in [-0.2, 0) is 10.0 Å². The number of ether oxygens (including phenoxy) is 1. The zero-order valence-electron chi connectivity index (χ0n) is 13.6. The van der Waals surface area contributed by atoms with Crippen molar-refractivity contribution in [3.8, 4) is 11.6 Å². The number of nitrogens with zero attached hydrogens (tertiary/aromatic N) is 2. The molecule has 2 aromatic rings. The molecule has 1 aliphatic heterocycles. The largest absolute Gasteiger partial charge is 0.508 e. The quantitative estimate of drug-likeness (QED) is 0.907. The predicted molar refractivity (Wildman–Crippen MR) is 86.6 cm³/mol. The van der Waals surface area contributed by atoms with Crippen LogP contribution in [0.5, 0.6) is 11.6 Å². The molecule has 0 aliphatic carbocycles. The van der Waals surface area contributed by atoms with Gasteiger partial charge in [-0.2, -0.15) is 4.31 Å². The molecule has 130 valence electrons. The summed E-state index contributed by atoms with van der Waals surface area (Å²) in [5.41, 5.74) is 0.873. The fourth-order valence-corrected chi connectivity index (χ4v) is 4.50. The number of piperidine rings is 1. The fourth-order valence-electron chi connectivity index (χ4n) is 3.03. The van der Waals surface area contributed by atoms with Gasteiger partial charge in [0.2, 0.25) is 10.0 Å². The van der Waals surface area contributed by atoms with E-state index < -0.39 is 10.0 Å². The number of phenolic OH excluding ortho intramolecular Hbond substituents is 1. The second-order valence-corrected chi connectivity index (χ2v) is 7.79. The van der Waals surface area contributed by atoms with Crippen LogP contribution in [0.3, 0.4) is 0 Å². The lowest BCUT2D eigenvalue weighted by Gasteiger charge is -2.30. The lowest BCUT2D eigenvalue weighted by Crippen LogP contribution is -2.37. The van der Waals surface area contributed by atoms with E-state index in [9.17, 15) is 13.5 Å². The Labute approximate surface area is 140 Å². The number of phenols is 1. The van der Waals surface area contributed by atoms with Gasteiger partial charge in [-0.05, 0) is 49.2 Å². The van der Waals surface area contributed by atoms with E-state index in [1.165, 1.54) is 28.6 Å². The molecule has 1 aromatic carbocycles. The van der Waals surface area contributed by atoms with Crippen molar-refractivity contribution in [3.63, 3.8) is 0 Å². The fraction of sp³-hybridized carbons (Fsp3) is 0.438. The third kappa shape index (κ3) is 2.99. The molecule has 0 spiro atoms. The van der Waals surface area contributed by atoms with Crippen molar-refractivity contribution in [1.82, 2.24) is 9.46 Å². The minimum Gasteiger partial charge on any atom is -0.508 e. The molecule has 24 heavy (non-hydrogen) atoms. The third-order valence-corrected chi connectivity index (χ3v) is 6.32. The Balaban J connectivity index is 1.72. The van der Waals surface area contributed by atoms with Crippen molar-refractivity contribution in [2.75, 3.05) is 20.2 Å². The Bertz CT molecular complexity index is 805. The van der Waals surface area contributed by atoms with E-state index in [2.05, 4.69) is 5.16 Å². The van der Waals surface area contributed by atoms with E-state index in [1.807, 2.05) is 6.92 Å². The van der Waals surface area contributed by atoms with Gasteiger partial charge < -0.3 is 14.4 Å². The average molecular weight is 352 g/mol. The highest BCUT2D eigenvalue weighted by molar-refractivity contribution is 7.89. The lowest BCUT2D eigenvalue weighted by atomic mass is 9.93. The molecule has 1 fully saturated rings. The highest BCUT2D eigenvalue weighted by Gasteiger charge is 2.32. The van der Waals surface area contributed by atoms with E-state index in [4.69, 9.17) is 9.26 Å². The van der Waals surface area contributed by atoms with Crippen molar-refractivity contribution in [2.24, 2.45) is 0 Å². The van der Waals surface area contributed by atoms with Crippen LogP contribution >= 0.6 is 0 Å². The number of aromatic nitrogens is 1. The summed E-state index contributed by atoms with van der Waals surface area (Å²) in [7, 11) is -2.00. The molecule has 2 heterocycles. The Hall–Kier alpha value is -2.06. The molecule has 0 radical (unpaired) electrons. The van der Waals surface area contributed by atoms with Crippen LogP contribution in [0.2, 0.25) is 0 Å². The third-order valence-electron chi connectivity index (χ3n) is 4.41. The smallest absolute Gasteiger partial charge is 0.257 e. The molecule has 1 saturated heterocycles. The molecule has 1 N–H and O–H groups in total. The number of sulfonamides is 1. The van der Waals surface area contributed by atoms with Gasteiger partial charge in [-0.15, -0.1) is 0 Å². The maximum Gasteiger partial charge on any atom is 0.257 e. The second-order valence-electron chi connectivity index (χ2n) is 5.85. The molecular formula is C16H20N2O5S. The number of rotatable bonds is 4. The second kappa shape index (κ2) is 6.45. The van der Waals surface area contributed by atoms with Crippen molar-refractivity contribution in [1.29, 1.82) is 0 Å². The topological polar surface area (TPSA) is 92.9 Å². The summed E-state index contributed by atoms with van der Waals surface area (Å²) < 4.78 is 37.3. The summed E-state index contributed by atoms with van der Waals surface area (Å²) in [4.78, 5) is 0.191. The van der Waals surface area contributed by atoms with Gasteiger partial charge in [0.25, 0.3) is 5.88 Å². The molecular weight excluding hydrogens is 332 g/mol. The van der Waals surface area contributed by atoms with Crippen molar-refractivity contribution in [2.45, 2.75) is 30.6 Å². The van der Waals surface area contributed by atoms with Crippen LogP contribution in [0, 0.1) is 6.92 Å². The number of hydrogen-bond acceptors (Lipinski definition) is 6. The molecule has 7 nitrogen and oxygen atoms in total. The summed E-state index contributed by atoms with van der Waals surface area (Å²) in [5, 5.41) is 13.2. The Morgan fingerprint density at radius 2 is 1.88 bits per heavy atom. The molecule has 0 atom stereocenters. The van der Waals surface area contributed by atoms with Crippen LogP contribution in [0.25, 0.3) is 0 Å². The first kappa shape index (κ1) is 16.8. The average Bonchev–Trinajstić information content (AvgIpc) is 2.96. The van der Waals surface area contributed by atoms with Gasteiger partial charge in [0, 0.05) is 19.0 Å². The maximum absolute atomic E-state index is 12.6. The first-order chi connectivity index (χ1) is 11.4. The van der Waals surface area contributed by atoms with Crippen LogP contribution < -0.4 is 4.74 Å². The number of hydrogen-bond donors (Lipinski definition) is 1. The van der Waals surface area contributed by atoms with Gasteiger partial charge in [0.15, 0.2) is 0 Å². The van der Waals surface area contributed by atoms with E-state index in [0.717, 1.165) is 11.3 Å². The van der Waals surface area contributed by atoms with Crippen LogP contribution in [0.4, 0.5) is 0 Å². The maximum atomic E-state index is 12.6. The summed E-state index contributed by atoms with van der Waals surface area (Å²) in [6.45, 7) is 2.72. The van der Waals surface area contributed by atoms with Gasteiger partial charge in [0.05, 0.1) is 17.6 Å². The normalized spacial score (nSPS) is 17.1. The standard InChI is InChI=1S/C16H20N2O5S/c1-11-15(23-17-16(11)22-2)12-7-9-18(10-8-12)24(20,21)14-5-3-13(19)4-6-14/h3-6,12,19H,7-10H2,1-2H3. The predicted octanol–water partition coefficient (Wildman–Crippen LogP) is 2.27. The lowest BCUT2D eigenvalue weighted by molar-refractivity contribution is 0.268. The Kier molecular flexibility index (Phi) is 4.51. The van der Waals surface area contributed by atoms with Crippen LogP contribution in [-0.4, -0.2) is 43.2 Å². The molecule has 8 heteroatoms. The monoisotopic (exact) mass is 352 g/mol. The van der Waals surface area contributed by atoms with E-state index in [0.29, 0.717) is 31.8 Å². The van der Waals surface area contributed by atoms with Gasteiger partial charge in [-0.25, -0.2) is 8.42 Å². The SMILES string of the molecule is COc1noc(C2CCN(S(=O)(=O)c3ccc(O)cc3)CC2)c1C. The van der Waals surface area contributed by atoms with Crippen molar-refractivity contribution in [3.05, 3.63) is 35.6 Å². The van der Waals surface area contributed by atoms with Crippen LogP contribution in [0.1, 0.15) is 30.1 Å². The zero-order valence-corrected chi connectivity index (χ0v) is 14.4. The molecule has 0 bridgehead atoms. The molecule has 0 amide bonds. The Morgan fingerprint density at radius 1 is 1.25 bits per heavy atom. The van der Waals surface area contributed by atoms with Crippen LogP contribution in [0.15, 0.2) is 33.7 Å². The number of aromatic hydroxyl groups is 1. The van der Waals surface area contributed by atoms with Crippen molar-refractivity contribution >= 4 is 10.0 Å². The highest BCUT2D eigenvalue weighted by Crippen LogP contribution is 2.35. The van der Waals surface area contributed by atoms with Gasteiger partial charge in [0.1, 0.15) is 11.5 Å². The first-order valence-corrected chi connectivity index (χ1v) is 9.17. The van der Waals surface area contributed by atoms with E-state index >= 15 is 0 Å². The van der Waals surface area contributed by atoms with E-state index in [-0.39, 0.29) is 16.6 Å². The summed E-state index contributed by atoms with van der Waals surface area (Å²) in [6, 6.07) is 5.60. The van der Waals surface area contributed by atoms with Crippen molar-refractivity contribution < 1.29 is 22.8 Å². The Morgan fingerprint density at radius 3 is 2.42 bits per heavy atom. The summed E-state index contributed by atoms with van der Waals surface area (Å²) in [5.74, 6) is 1.42. The molecule has 1 aliphatic rings. The summed E-state index contributed by atoms with van der Waals surface area (Å²) in [6.07, 6.45) is 1.33. The molecule has 0 saturated carbocycles. The van der Waals surface area contributed by atoms with Gasteiger partial charge in [-0.3, -0.25) is 0 Å². The molecule has 0 unspecified atom stereocenters. The van der Waals surface area contributed by atoms with Gasteiger partial charge >= 0.3 is 0 Å². The minimum absolute atomic E-state index is 0.0439. The molecule has 1 aromatic heterocycles. The zero-order chi connectivity index (χ0) is 17.3. The summed E-state index contributed by atoms with van der Waals surface area (Å²) >= 11 is 0. The number of methoxy groups -OCH3 is 1. The minimum atomic E-state index is -3.54. The first-order valence-electron chi connectivity index (χ1n) is 7.73. The number of benzene rings is 1. The molecule has 3 rings (SSSR count). The van der Waals surface area contributed by atoms with Gasteiger partial charge in [-0.1, -0.05) is 0 Å². The highest BCUT2D eigenvalue weighted by atomic mass is 32.2. The van der Waals surface area contributed by atoms with E-state index in [1.54, 1.807) is 7.11 Å².